The molecule has 3 heteroatoms. The van der Waals surface area contributed by atoms with Crippen molar-refractivity contribution in [2.75, 3.05) is 32.1 Å². The molecule has 1 saturated heterocycles. The van der Waals surface area contributed by atoms with E-state index in [1.807, 2.05) is 0 Å². The van der Waals surface area contributed by atoms with Gasteiger partial charge in [-0.15, -0.1) is 0 Å². The fourth-order valence-corrected chi connectivity index (χ4v) is 2.73. The molecule has 1 unspecified atom stereocenters. The molecule has 3 rings (SSSR count). The summed E-state index contributed by atoms with van der Waals surface area (Å²) < 4.78 is 5.49. The van der Waals surface area contributed by atoms with E-state index in [4.69, 9.17) is 4.74 Å². The predicted octanol–water partition coefficient (Wildman–Crippen LogP) is 2.26. The zero-order valence-corrected chi connectivity index (χ0v) is 9.70. The number of rotatable bonds is 2. The second-order valence-corrected chi connectivity index (χ2v) is 4.54. The van der Waals surface area contributed by atoms with Crippen molar-refractivity contribution in [3.63, 3.8) is 0 Å². The lowest BCUT2D eigenvalue weighted by Crippen LogP contribution is -2.42. The third kappa shape index (κ3) is 1.47. The van der Waals surface area contributed by atoms with Crippen molar-refractivity contribution in [3.05, 3.63) is 23.8 Å². The molecule has 0 saturated carbocycles. The van der Waals surface area contributed by atoms with Gasteiger partial charge in [0.1, 0.15) is 5.75 Å². The third-order valence-corrected chi connectivity index (χ3v) is 3.68. The Labute approximate surface area is 96.4 Å². The number of methoxy groups -OCH3 is 1. The highest BCUT2D eigenvalue weighted by Gasteiger charge is 2.31. The van der Waals surface area contributed by atoms with Gasteiger partial charge in [0, 0.05) is 23.8 Å². The molecule has 3 nitrogen and oxygen atoms in total. The lowest BCUT2D eigenvalue weighted by Gasteiger charge is -2.42. The average Bonchev–Trinajstić information content (AvgIpc) is 2.26. The van der Waals surface area contributed by atoms with Crippen LogP contribution in [0.25, 0.3) is 0 Å². The largest absolute Gasteiger partial charge is 0.496 e. The maximum absolute atomic E-state index is 5.49. The number of likely N-dealkylation sites (tertiary alicyclic amines) is 1. The van der Waals surface area contributed by atoms with Crippen LogP contribution in [0.2, 0.25) is 0 Å². The SMILES string of the molecule is COc1cccc2c1C(N1CCC1)CCN2. The highest BCUT2D eigenvalue weighted by atomic mass is 16.5. The van der Waals surface area contributed by atoms with Gasteiger partial charge >= 0.3 is 0 Å². The van der Waals surface area contributed by atoms with Crippen molar-refractivity contribution in [1.29, 1.82) is 0 Å². The first-order valence-corrected chi connectivity index (χ1v) is 6.05. The smallest absolute Gasteiger partial charge is 0.125 e. The topological polar surface area (TPSA) is 24.5 Å². The Hall–Kier alpha value is -1.22. The zero-order chi connectivity index (χ0) is 11.0. The van der Waals surface area contributed by atoms with E-state index < -0.39 is 0 Å². The molecule has 1 aromatic carbocycles. The lowest BCUT2D eigenvalue weighted by molar-refractivity contribution is 0.110. The van der Waals surface area contributed by atoms with Gasteiger partial charge in [0.15, 0.2) is 0 Å². The van der Waals surface area contributed by atoms with Crippen LogP contribution in [-0.2, 0) is 0 Å². The van der Waals surface area contributed by atoms with Crippen molar-refractivity contribution in [2.24, 2.45) is 0 Å². The van der Waals surface area contributed by atoms with Crippen LogP contribution in [-0.4, -0.2) is 31.6 Å². The Morgan fingerprint density at radius 3 is 2.94 bits per heavy atom. The normalized spacial score (nSPS) is 24.2. The summed E-state index contributed by atoms with van der Waals surface area (Å²) in [5.74, 6) is 1.03. The molecule has 0 amide bonds. The lowest BCUT2D eigenvalue weighted by atomic mass is 9.93. The molecule has 0 bridgehead atoms. The Morgan fingerprint density at radius 2 is 2.25 bits per heavy atom. The summed E-state index contributed by atoms with van der Waals surface area (Å²) in [6.45, 7) is 3.55. The zero-order valence-electron chi connectivity index (χ0n) is 9.70. The summed E-state index contributed by atoms with van der Waals surface area (Å²) >= 11 is 0. The molecule has 0 spiro atoms. The van der Waals surface area contributed by atoms with E-state index in [0.29, 0.717) is 6.04 Å². The van der Waals surface area contributed by atoms with Gasteiger partial charge in [0.25, 0.3) is 0 Å². The number of anilines is 1. The maximum atomic E-state index is 5.49. The number of benzene rings is 1. The van der Waals surface area contributed by atoms with Gasteiger partial charge in [0.05, 0.1) is 7.11 Å². The molecule has 1 fully saturated rings. The first kappa shape index (κ1) is 9.97. The monoisotopic (exact) mass is 218 g/mol. The quantitative estimate of drug-likeness (QED) is 0.824. The molecular weight excluding hydrogens is 200 g/mol. The molecule has 0 aromatic heterocycles. The summed E-state index contributed by atoms with van der Waals surface area (Å²) in [7, 11) is 1.76. The van der Waals surface area contributed by atoms with Gasteiger partial charge in [-0.25, -0.2) is 0 Å². The minimum atomic E-state index is 0.557. The Morgan fingerprint density at radius 1 is 1.38 bits per heavy atom. The van der Waals surface area contributed by atoms with Crippen LogP contribution in [0.5, 0.6) is 5.75 Å². The molecule has 86 valence electrons. The van der Waals surface area contributed by atoms with Crippen LogP contribution in [0.1, 0.15) is 24.4 Å². The number of hydrogen-bond acceptors (Lipinski definition) is 3. The molecule has 1 N–H and O–H groups in total. The molecular formula is C13H18N2O. The molecule has 0 aliphatic carbocycles. The summed E-state index contributed by atoms with van der Waals surface area (Å²) in [4.78, 5) is 2.56. The standard InChI is InChI=1S/C13H18N2O/c1-16-12-5-2-4-10-13(12)11(6-7-14-10)15-8-3-9-15/h2,4-5,11,14H,3,6-9H2,1H3. The van der Waals surface area contributed by atoms with Gasteiger partial charge in [-0.1, -0.05) is 6.07 Å². The number of nitrogens with zero attached hydrogens (tertiary/aromatic N) is 1. The highest BCUT2D eigenvalue weighted by Crippen LogP contribution is 2.41. The van der Waals surface area contributed by atoms with Gasteiger partial charge in [-0.3, -0.25) is 4.90 Å². The highest BCUT2D eigenvalue weighted by molar-refractivity contribution is 5.60. The first-order valence-electron chi connectivity index (χ1n) is 6.05. The Bertz CT molecular complexity index is 373. The summed E-state index contributed by atoms with van der Waals surface area (Å²) in [6, 6.07) is 6.84. The predicted molar refractivity (Wildman–Crippen MR) is 65.0 cm³/mol. The molecule has 1 atom stereocenters. The number of hydrogen-bond donors (Lipinski definition) is 1. The van der Waals surface area contributed by atoms with Crippen molar-refractivity contribution in [3.8, 4) is 5.75 Å². The second-order valence-electron chi connectivity index (χ2n) is 4.54. The molecule has 2 heterocycles. The Balaban J connectivity index is 2.01. The number of nitrogens with one attached hydrogen (secondary N) is 1. The van der Waals surface area contributed by atoms with Gasteiger partial charge in [0.2, 0.25) is 0 Å². The van der Waals surface area contributed by atoms with Crippen LogP contribution >= 0.6 is 0 Å². The van der Waals surface area contributed by atoms with Crippen molar-refractivity contribution < 1.29 is 4.74 Å². The molecule has 2 aliphatic heterocycles. The second kappa shape index (κ2) is 3.98. The molecule has 2 aliphatic rings. The fraction of sp³-hybridized carbons (Fsp3) is 0.538. The fourth-order valence-electron chi connectivity index (χ4n) is 2.73. The van der Waals surface area contributed by atoms with E-state index in [1.165, 1.54) is 37.2 Å². The first-order chi connectivity index (χ1) is 7.90. The summed E-state index contributed by atoms with van der Waals surface area (Å²) in [5.41, 5.74) is 2.61. The van der Waals surface area contributed by atoms with Crippen molar-refractivity contribution in [1.82, 2.24) is 4.90 Å². The van der Waals surface area contributed by atoms with Gasteiger partial charge < -0.3 is 10.1 Å². The van der Waals surface area contributed by atoms with Crippen LogP contribution in [0.4, 0.5) is 5.69 Å². The minimum Gasteiger partial charge on any atom is -0.496 e. The van der Waals surface area contributed by atoms with E-state index in [9.17, 15) is 0 Å². The van der Waals surface area contributed by atoms with Gasteiger partial charge in [-0.05, 0) is 38.1 Å². The van der Waals surface area contributed by atoms with Crippen molar-refractivity contribution >= 4 is 5.69 Å². The average molecular weight is 218 g/mol. The van der Waals surface area contributed by atoms with E-state index in [-0.39, 0.29) is 0 Å². The van der Waals surface area contributed by atoms with E-state index in [0.717, 1.165) is 12.3 Å². The van der Waals surface area contributed by atoms with Crippen LogP contribution in [0.15, 0.2) is 18.2 Å². The number of ether oxygens (including phenoxy) is 1. The van der Waals surface area contributed by atoms with Gasteiger partial charge in [-0.2, -0.15) is 0 Å². The summed E-state index contributed by atoms with van der Waals surface area (Å²) in [5, 5.41) is 3.46. The minimum absolute atomic E-state index is 0.557. The van der Waals surface area contributed by atoms with Crippen molar-refractivity contribution in [2.45, 2.75) is 18.9 Å². The molecule has 0 radical (unpaired) electrons. The molecule has 16 heavy (non-hydrogen) atoms. The Kier molecular flexibility index (Phi) is 2.48. The van der Waals surface area contributed by atoms with E-state index >= 15 is 0 Å². The molecule has 1 aromatic rings. The summed E-state index contributed by atoms with van der Waals surface area (Å²) in [6.07, 6.45) is 2.53. The maximum Gasteiger partial charge on any atom is 0.125 e. The van der Waals surface area contributed by atoms with E-state index in [1.54, 1.807) is 7.11 Å². The number of fused-ring (bicyclic) bond motifs is 1. The van der Waals surface area contributed by atoms with Crippen LogP contribution in [0.3, 0.4) is 0 Å². The van der Waals surface area contributed by atoms with E-state index in [2.05, 4.69) is 28.4 Å². The van der Waals surface area contributed by atoms with Crippen LogP contribution < -0.4 is 10.1 Å². The van der Waals surface area contributed by atoms with Crippen LogP contribution in [0, 0.1) is 0 Å². The third-order valence-electron chi connectivity index (χ3n) is 3.68.